The van der Waals surface area contributed by atoms with Gasteiger partial charge in [-0.3, -0.25) is 0 Å². The highest BCUT2D eigenvalue weighted by Crippen LogP contribution is 2.44. The van der Waals surface area contributed by atoms with E-state index < -0.39 is 0 Å². The monoisotopic (exact) mass is 279 g/mol. The summed E-state index contributed by atoms with van der Waals surface area (Å²) in [5, 5.41) is 3.69. The van der Waals surface area contributed by atoms with Gasteiger partial charge in [0.2, 0.25) is 0 Å². The molecular formula is C19H21NO. The summed E-state index contributed by atoms with van der Waals surface area (Å²) in [4.78, 5) is 0. The Kier molecular flexibility index (Phi) is 2.59. The van der Waals surface area contributed by atoms with E-state index in [-0.39, 0.29) is 11.5 Å². The van der Waals surface area contributed by atoms with Gasteiger partial charge in [-0.15, -0.1) is 0 Å². The van der Waals surface area contributed by atoms with Gasteiger partial charge in [-0.25, -0.2) is 0 Å². The van der Waals surface area contributed by atoms with Crippen molar-refractivity contribution < 1.29 is 4.74 Å². The van der Waals surface area contributed by atoms with E-state index in [1.807, 2.05) is 0 Å². The molecule has 21 heavy (non-hydrogen) atoms. The van der Waals surface area contributed by atoms with Crippen LogP contribution in [0.3, 0.4) is 0 Å². The van der Waals surface area contributed by atoms with Gasteiger partial charge in [-0.1, -0.05) is 51.1 Å². The molecule has 0 spiro atoms. The van der Waals surface area contributed by atoms with Gasteiger partial charge in [0.1, 0.15) is 11.9 Å². The molecule has 1 aliphatic carbocycles. The molecular weight excluding hydrogens is 258 g/mol. The summed E-state index contributed by atoms with van der Waals surface area (Å²) in [6, 6.07) is 15.5. The van der Waals surface area contributed by atoms with Crippen molar-refractivity contribution in [2.24, 2.45) is 0 Å². The number of nitrogens with one attached hydrogen (secondary N) is 1. The highest BCUT2D eigenvalue weighted by atomic mass is 16.5. The van der Waals surface area contributed by atoms with Crippen molar-refractivity contribution in [2.75, 3.05) is 5.32 Å². The Morgan fingerprint density at radius 3 is 2.71 bits per heavy atom. The Labute approximate surface area is 126 Å². The highest BCUT2D eigenvalue weighted by molar-refractivity contribution is 5.63. The number of rotatable bonds is 0. The van der Waals surface area contributed by atoms with E-state index >= 15 is 0 Å². The maximum atomic E-state index is 6.29. The molecule has 2 unspecified atom stereocenters. The van der Waals surface area contributed by atoms with Crippen molar-refractivity contribution in [2.45, 2.75) is 44.8 Å². The lowest BCUT2D eigenvalue weighted by atomic mass is 9.86. The maximum absolute atomic E-state index is 6.29. The van der Waals surface area contributed by atoms with Crippen LogP contribution in [0.1, 0.15) is 43.6 Å². The Hall–Kier alpha value is -1.96. The fourth-order valence-electron chi connectivity index (χ4n) is 3.38. The van der Waals surface area contributed by atoms with Crippen LogP contribution in [-0.2, 0) is 11.8 Å². The Morgan fingerprint density at radius 1 is 1.10 bits per heavy atom. The number of hydrogen-bond donors (Lipinski definition) is 1. The molecule has 108 valence electrons. The third-order valence-electron chi connectivity index (χ3n) is 4.61. The number of anilines is 1. The Balaban J connectivity index is 1.71. The molecule has 4 rings (SSSR count). The molecule has 2 atom stereocenters. The van der Waals surface area contributed by atoms with Crippen molar-refractivity contribution >= 4 is 5.69 Å². The zero-order valence-electron chi connectivity index (χ0n) is 12.8. The lowest BCUT2D eigenvalue weighted by Gasteiger charge is -2.32. The molecule has 0 bridgehead atoms. The predicted octanol–water partition coefficient (Wildman–Crippen LogP) is 4.45. The van der Waals surface area contributed by atoms with Crippen LogP contribution >= 0.6 is 0 Å². The summed E-state index contributed by atoms with van der Waals surface area (Å²) in [5.41, 5.74) is 5.37. The summed E-state index contributed by atoms with van der Waals surface area (Å²) in [6.45, 7) is 6.73. The molecule has 0 saturated heterocycles. The predicted molar refractivity (Wildman–Crippen MR) is 86.1 cm³/mol. The van der Waals surface area contributed by atoms with Gasteiger partial charge in [0.15, 0.2) is 0 Å². The van der Waals surface area contributed by atoms with Crippen molar-refractivity contribution in [3.8, 4) is 5.75 Å². The van der Waals surface area contributed by atoms with Crippen LogP contribution in [0.25, 0.3) is 0 Å². The minimum absolute atomic E-state index is 0.147. The third-order valence-corrected chi connectivity index (χ3v) is 4.61. The van der Waals surface area contributed by atoms with Gasteiger partial charge in [0.05, 0.1) is 11.7 Å². The van der Waals surface area contributed by atoms with Crippen molar-refractivity contribution in [1.29, 1.82) is 0 Å². The lowest BCUT2D eigenvalue weighted by molar-refractivity contribution is 0.183. The second-order valence-electron chi connectivity index (χ2n) is 7.15. The summed E-state index contributed by atoms with van der Waals surface area (Å²) < 4.78 is 6.29. The molecule has 1 heterocycles. The Bertz CT molecular complexity index is 699. The normalized spacial score (nSPS) is 22.6. The van der Waals surface area contributed by atoms with E-state index in [1.54, 1.807) is 0 Å². The fraction of sp³-hybridized carbons (Fsp3) is 0.368. The third kappa shape index (κ3) is 2.01. The minimum Gasteiger partial charge on any atom is -0.481 e. The maximum Gasteiger partial charge on any atom is 0.144 e. The SMILES string of the molecule is CC(C)(C)c1ccc2c(c1)NC1Cc3ccccc3C1O2. The molecule has 1 N–H and O–H groups in total. The van der Waals surface area contributed by atoms with E-state index in [9.17, 15) is 0 Å². The van der Waals surface area contributed by atoms with E-state index in [2.05, 4.69) is 68.6 Å². The van der Waals surface area contributed by atoms with Crippen LogP contribution in [0.5, 0.6) is 5.75 Å². The summed E-state index contributed by atoms with van der Waals surface area (Å²) in [6.07, 6.45) is 1.19. The average Bonchev–Trinajstić information content (AvgIpc) is 2.81. The molecule has 0 aromatic heterocycles. The standard InChI is InChI=1S/C19H21NO/c1-19(2,3)13-8-9-17-15(11-13)20-16-10-12-6-4-5-7-14(12)18(16)21-17/h4-9,11,16,18,20H,10H2,1-3H3. The van der Waals surface area contributed by atoms with Crippen LogP contribution < -0.4 is 10.1 Å². The minimum atomic E-state index is 0.147. The lowest BCUT2D eigenvalue weighted by Crippen LogP contribution is -2.32. The molecule has 2 aromatic rings. The summed E-state index contributed by atoms with van der Waals surface area (Å²) >= 11 is 0. The Morgan fingerprint density at radius 2 is 1.90 bits per heavy atom. The quantitative estimate of drug-likeness (QED) is 0.769. The summed E-state index contributed by atoms with van der Waals surface area (Å²) in [5.74, 6) is 0.973. The van der Waals surface area contributed by atoms with Crippen LogP contribution in [0, 0.1) is 0 Å². The van der Waals surface area contributed by atoms with Gasteiger partial charge in [0, 0.05) is 0 Å². The molecule has 0 radical (unpaired) electrons. The second-order valence-corrected chi connectivity index (χ2v) is 7.15. The van der Waals surface area contributed by atoms with Gasteiger partial charge in [-0.2, -0.15) is 0 Å². The largest absolute Gasteiger partial charge is 0.481 e. The summed E-state index contributed by atoms with van der Waals surface area (Å²) in [7, 11) is 0. The molecule has 1 aliphatic heterocycles. The van der Waals surface area contributed by atoms with Crippen molar-refractivity contribution in [1.82, 2.24) is 0 Å². The molecule has 2 nitrogen and oxygen atoms in total. The van der Waals surface area contributed by atoms with Gasteiger partial charge < -0.3 is 10.1 Å². The van der Waals surface area contributed by atoms with Gasteiger partial charge in [-0.05, 0) is 40.7 Å². The first kappa shape index (κ1) is 12.8. The van der Waals surface area contributed by atoms with E-state index in [4.69, 9.17) is 4.74 Å². The van der Waals surface area contributed by atoms with Gasteiger partial charge in [0.25, 0.3) is 0 Å². The molecule has 0 saturated carbocycles. The molecule has 2 heteroatoms. The topological polar surface area (TPSA) is 21.3 Å². The number of hydrogen-bond acceptors (Lipinski definition) is 2. The van der Waals surface area contributed by atoms with Gasteiger partial charge >= 0.3 is 0 Å². The van der Waals surface area contributed by atoms with Crippen molar-refractivity contribution in [3.63, 3.8) is 0 Å². The zero-order valence-corrected chi connectivity index (χ0v) is 12.8. The van der Waals surface area contributed by atoms with Crippen LogP contribution in [0.4, 0.5) is 5.69 Å². The first-order valence-electron chi connectivity index (χ1n) is 7.68. The first-order chi connectivity index (χ1) is 10.0. The van der Waals surface area contributed by atoms with E-state index in [1.165, 1.54) is 16.7 Å². The second kappa shape index (κ2) is 4.27. The molecule has 0 fully saturated rings. The fourth-order valence-corrected chi connectivity index (χ4v) is 3.38. The number of fused-ring (bicyclic) bond motifs is 4. The highest BCUT2D eigenvalue weighted by Gasteiger charge is 2.37. The van der Waals surface area contributed by atoms with E-state index in [0.29, 0.717) is 6.04 Å². The number of ether oxygens (including phenoxy) is 1. The molecule has 2 aliphatic rings. The molecule has 2 aromatic carbocycles. The number of benzene rings is 2. The first-order valence-corrected chi connectivity index (χ1v) is 7.68. The smallest absolute Gasteiger partial charge is 0.144 e. The van der Waals surface area contributed by atoms with Crippen LogP contribution in [0.2, 0.25) is 0 Å². The van der Waals surface area contributed by atoms with Crippen LogP contribution in [0.15, 0.2) is 42.5 Å². The zero-order chi connectivity index (χ0) is 14.6. The average molecular weight is 279 g/mol. The van der Waals surface area contributed by atoms with Crippen LogP contribution in [-0.4, -0.2) is 6.04 Å². The van der Waals surface area contributed by atoms with Crippen molar-refractivity contribution in [3.05, 3.63) is 59.2 Å². The molecule has 0 amide bonds. The van der Waals surface area contributed by atoms with E-state index in [0.717, 1.165) is 17.9 Å².